The van der Waals surface area contributed by atoms with Gasteiger partial charge in [-0.05, 0) is 38.1 Å². The molecule has 0 spiro atoms. The van der Waals surface area contributed by atoms with Gasteiger partial charge < -0.3 is 13.6 Å². The van der Waals surface area contributed by atoms with Crippen LogP contribution in [0.2, 0.25) is 18.1 Å². The van der Waals surface area contributed by atoms with Gasteiger partial charge in [0.15, 0.2) is 13.7 Å². The van der Waals surface area contributed by atoms with Crippen molar-refractivity contribution >= 4 is 20.4 Å². The Labute approximate surface area is 144 Å². The molecular formula is C18H28O5Si. The lowest BCUT2D eigenvalue weighted by Gasteiger charge is -2.35. The van der Waals surface area contributed by atoms with E-state index in [-0.39, 0.29) is 17.1 Å². The second-order valence-electron chi connectivity index (χ2n) is 7.26. The molecule has 5 nitrogen and oxygen atoms in total. The van der Waals surface area contributed by atoms with Crippen molar-refractivity contribution in [3.63, 3.8) is 0 Å². The van der Waals surface area contributed by atoms with E-state index in [0.717, 1.165) is 0 Å². The van der Waals surface area contributed by atoms with E-state index in [4.69, 9.17) is 13.6 Å². The fourth-order valence-electron chi connectivity index (χ4n) is 1.65. The van der Waals surface area contributed by atoms with Gasteiger partial charge in [0.2, 0.25) is 0 Å². The average Bonchev–Trinajstić information content (AvgIpc) is 2.46. The fourth-order valence-corrected chi connectivity index (χ4v) is 2.58. The first-order valence-electron chi connectivity index (χ1n) is 8.09. The maximum Gasteiger partial charge on any atom is 0.333 e. The monoisotopic (exact) mass is 352 g/mol. The van der Waals surface area contributed by atoms with Gasteiger partial charge in [-0.25, -0.2) is 4.79 Å². The molecule has 24 heavy (non-hydrogen) atoms. The molecule has 0 saturated carbocycles. The molecule has 6 heteroatoms. The first-order chi connectivity index (χ1) is 11.0. The molecule has 0 unspecified atom stereocenters. The van der Waals surface area contributed by atoms with E-state index in [1.54, 1.807) is 13.8 Å². The summed E-state index contributed by atoms with van der Waals surface area (Å²) in [5.74, 6) is 0.0398. The Morgan fingerprint density at radius 2 is 1.96 bits per heavy atom. The van der Waals surface area contributed by atoms with Gasteiger partial charge in [0, 0.05) is 11.6 Å². The van der Waals surface area contributed by atoms with Crippen LogP contribution >= 0.6 is 0 Å². The van der Waals surface area contributed by atoms with E-state index in [1.807, 2.05) is 0 Å². The highest BCUT2D eigenvalue weighted by atomic mass is 28.4. The zero-order valence-electron chi connectivity index (χ0n) is 15.7. The topological polar surface area (TPSA) is 65.7 Å². The molecular weight excluding hydrogens is 324 g/mol. The second kappa shape index (κ2) is 7.94. The van der Waals surface area contributed by atoms with E-state index in [2.05, 4.69) is 33.9 Å². The zero-order valence-corrected chi connectivity index (χ0v) is 16.7. The third-order valence-corrected chi connectivity index (χ3v) is 8.74. The summed E-state index contributed by atoms with van der Waals surface area (Å²) in [5, 5.41) is 0.0900. The van der Waals surface area contributed by atoms with Gasteiger partial charge in [-0.2, -0.15) is 0 Å². The van der Waals surface area contributed by atoms with Crippen molar-refractivity contribution in [1.82, 2.24) is 0 Å². The Kier molecular flexibility index (Phi) is 6.74. The minimum Gasteiger partial charge on any atom is -0.466 e. The Hall–Kier alpha value is -1.66. The first-order valence-corrected chi connectivity index (χ1v) is 11.0. The van der Waals surface area contributed by atoms with E-state index in [9.17, 15) is 9.59 Å². The second-order valence-corrected chi connectivity index (χ2v) is 12.1. The average molecular weight is 353 g/mol. The molecule has 0 fully saturated rings. The minimum absolute atomic E-state index is 0.0900. The molecule has 0 N–H and O–H groups in total. The first kappa shape index (κ1) is 20.4. The number of hydrogen-bond acceptors (Lipinski definition) is 5. The van der Waals surface area contributed by atoms with Crippen molar-refractivity contribution in [1.29, 1.82) is 0 Å². The molecule has 0 aliphatic carbocycles. The van der Waals surface area contributed by atoms with Crippen LogP contribution in [-0.4, -0.2) is 20.9 Å². The molecule has 1 aromatic rings. The highest BCUT2D eigenvalue weighted by molar-refractivity contribution is 6.74. The number of rotatable bonds is 6. The maximum atomic E-state index is 12.2. The van der Waals surface area contributed by atoms with Gasteiger partial charge in [0.05, 0.1) is 18.8 Å². The van der Waals surface area contributed by atoms with Crippen molar-refractivity contribution in [2.45, 2.75) is 59.4 Å². The van der Waals surface area contributed by atoms with Crippen LogP contribution in [0.1, 0.15) is 45.9 Å². The van der Waals surface area contributed by atoms with Crippen molar-refractivity contribution in [3.8, 4) is 0 Å². The predicted octanol–water partition coefficient (Wildman–Crippen LogP) is 4.13. The molecule has 0 saturated heterocycles. The summed E-state index contributed by atoms with van der Waals surface area (Å²) in [7, 11) is -1.90. The summed E-state index contributed by atoms with van der Waals surface area (Å²) in [4.78, 5) is 23.8. The lowest BCUT2D eigenvalue weighted by molar-refractivity contribution is -0.138. The summed E-state index contributed by atoms with van der Waals surface area (Å²) < 4.78 is 16.4. The Morgan fingerprint density at radius 3 is 2.46 bits per heavy atom. The van der Waals surface area contributed by atoms with Gasteiger partial charge in [-0.15, -0.1) is 0 Å². The molecule has 1 aromatic heterocycles. The molecule has 0 aliphatic heterocycles. The van der Waals surface area contributed by atoms with Crippen LogP contribution < -0.4 is 5.43 Å². The lowest BCUT2D eigenvalue weighted by Crippen LogP contribution is -2.40. The zero-order chi connectivity index (χ0) is 18.5. The number of carbonyl (C=O) groups excluding carboxylic acids is 1. The Morgan fingerprint density at radius 1 is 1.33 bits per heavy atom. The van der Waals surface area contributed by atoms with Crippen LogP contribution in [0.25, 0.3) is 6.08 Å². The van der Waals surface area contributed by atoms with E-state index < -0.39 is 14.3 Å². The van der Waals surface area contributed by atoms with E-state index in [1.165, 1.54) is 18.4 Å². The van der Waals surface area contributed by atoms with Crippen molar-refractivity contribution in [3.05, 3.63) is 39.4 Å². The summed E-state index contributed by atoms with van der Waals surface area (Å²) >= 11 is 0. The SMILES string of the molecule is CCOC(=O)/C(C)=C/c1coc(CO[Si](C)(C)C(C)(C)C)cc1=O. The number of carbonyl (C=O) groups is 1. The molecule has 1 heterocycles. The fraction of sp³-hybridized carbons (Fsp3) is 0.556. The molecule has 0 aromatic carbocycles. The summed E-state index contributed by atoms with van der Waals surface area (Å²) in [5.41, 5.74) is 0.463. The van der Waals surface area contributed by atoms with Gasteiger partial charge in [0.25, 0.3) is 0 Å². The highest BCUT2D eigenvalue weighted by Crippen LogP contribution is 2.36. The Bertz CT molecular complexity index is 665. The maximum absolute atomic E-state index is 12.2. The number of esters is 1. The van der Waals surface area contributed by atoms with E-state index in [0.29, 0.717) is 23.5 Å². The Balaban J connectivity index is 2.88. The molecule has 0 radical (unpaired) electrons. The number of hydrogen-bond donors (Lipinski definition) is 0. The van der Waals surface area contributed by atoms with Gasteiger partial charge in [-0.3, -0.25) is 4.79 Å². The van der Waals surface area contributed by atoms with Crippen molar-refractivity contribution in [2.24, 2.45) is 0 Å². The molecule has 1 rings (SSSR count). The summed E-state index contributed by atoms with van der Waals surface area (Å²) in [6.45, 7) is 14.7. The summed E-state index contributed by atoms with van der Waals surface area (Å²) in [6, 6.07) is 1.41. The van der Waals surface area contributed by atoms with Crippen molar-refractivity contribution in [2.75, 3.05) is 6.61 Å². The van der Waals surface area contributed by atoms with Crippen LogP contribution in [0, 0.1) is 0 Å². The predicted molar refractivity (Wildman–Crippen MR) is 97.2 cm³/mol. The molecule has 0 amide bonds. The molecule has 0 bridgehead atoms. The minimum atomic E-state index is -1.90. The largest absolute Gasteiger partial charge is 0.466 e. The number of ether oxygens (including phenoxy) is 1. The normalized spacial score (nSPS) is 13.0. The van der Waals surface area contributed by atoms with Crippen LogP contribution in [0.5, 0.6) is 0 Å². The highest BCUT2D eigenvalue weighted by Gasteiger charge is 2.37. The molecule has 0 aliphatic rings. The third-order valence-electron chi connectivity index (χ3n) is 4.26. The molecule has 134 valence electrons. The van der Waals surface area contributed by atoms with Crippen LogP contribution in [-0.2, 0) is 20.6 Å². The van der Waals surface area contributed by atoms with E-state index >= 15 is 0 Å². The van der Waals surface area contributed by atoms with Crippen LogP contribution in [0.15, 0.2) is 27.1 Å². The lowest BCUT2D eigenvalue weighted by atomic mass is 10.2. The van der Waals surface area contributed by atoms with Gasteiger partial charge in [-0.1, -0.05) is 20.8 Å². The van der Waals surface area contributed by atoms with Gasteiger partial charge in [0.1, 0.15) is 12.0 Å². The summed E-state index contributed by atoms with van der Waals surface area (Å²) in [6.07, 6.45) is 2.83. The van der Waals surface area contributed by atoms with Crippen LogP contribution in [0.4, 0.5) is 0 Å². The molecule has 0 atom stereocenters. The van der Waals surface area contributed by atoms with Crippen molar-refractivity contribution < 1.29 is 18.4 Å². The third kappa shape index (κ3) is 5.45. The van der Waals surface area contributed by atoms with Crippen LogP contribution in [0.3, 0.4) is 0 Å². The smallest absolute Gasteiger partial charge is 0.333 e. The standard InChI is InChI=1S/C18H28O5Si/c1-8-21-17(20)13(2)9-14-11-22-15(10-16(14)19)12-23-24(6,7)18(3,4)5/h9-11H,8,12H2,1-7H3/b13-9+. The van der Waals surface area contributed by atoms with Gasteiger partial charge >= 0.3 is 5.97 Å². The quantitative estimate of drug-likeness (QED) is 0.437.